The lowest BCUT2D eigenvalue weighted by atomic mass is 10.0. The highest BCUT2D eigenvalue weighted by atomic mass is 19.4. The molecule has 0 aromatic carbocycles. The van der Waals surface area contributed by atoms with E-state index in [1.165, 1.54) is 0 Å². The van der Waals surface area contributed by atoms with Gasteiger partial charge in [0.2, 0.25) is 0 Å². The molecule has 1 nitrogen and oxygen atoms in total. The predicted octanol–water partition coefficient (Wildman–Crippen LogP) is 3.99. The first-order valence-electron chi connectivity index (χ1n) is 3.96. The second-order valence-corrected chi connectivity index (χ2v) is 3.12. The van der Waals surface area contributed by atoms with Crippen LogP contribution in [0.4, 0.5) is 56.9 Å². The van der Waals surface area contributed by atoms with Gasteiger partial charge in [0.15, 0.2) is 0 Å². The third-order valence-electron chi connectivity index (χ3n) is 1.75. The summed E-state index contributed by atoms with van der Waals surface area (Å²) in [5, 5.41) is 0. The Labute approximate surface area is 100 Å². The molecule has 15 heteroatoms. The number of rotatable bonds is 5. The fraction of sp³-hybridized carbons (Fsp3) is 1.00. The lowest BCUT2D eigenvalue weighted by Gasteiger charge is -2.36. The molecule has 20 heavy (non-hydrogen) atoms. The van der Waals surface area contributed by atoms with Crippen molar-refractivity contribution in [2.24, 2.45) is 0 Å². The van der Waals surface area contributed by atoms with Crippen molar-refractivity contribution < 1.29 is 61.6 Å². The number of hydrogen-bond acceptors (Lipinski definition) is 1. The summed E-state index contributed by atoms with van der Waals surface area (Å²) in [7, 11) is -4.84. The Morgan fingerprint density at radius 1 is 0.550 bits per heavy atom. The fourth-order valence-electron chi connectivity index (χ4n) is 0.744. The number of halogens is 13. The lowest BCUT2D eigenvalue weighted by molar-refractivity contribution is -0.447. The molecule has 0 heterocycles. The highest BCUT2D eigenvalue weighted by molar-refractivity contribution is 6.34. The van der Waals surface area contributed by atoms with Crippen LogP contribution in [-0.4, -0.2) is 37.5 Å². The van der Waals surface area contributed by atoms with Crippen LogP contribution in [0.5, 0.6) is 0 Å². The second-order valence-electron chi connectivity index (χ2n) is 3.12. The summed E-state index contributed by atoms with van der Waals surface area (Å²) in [6.07, 6.45) is -14.3. The first-order valence-corrected chi connectivity index (χ1v) is 3.96. The molecule has 0 aliphatic carbocycles. The monoisotopic (exact) mass is 334 g/mol. The smallest absolute Gasteiger partial charge is 0.315 e. The fourth-order valence-corrected chi connectivity index (χ4v) is 0.744. The normalized spacial score (nSPS) is 15.4. The molecular formula is C5BF13O. The molecule has 0 N–H and O–H groups in total. The lowest BCUT2D eigenvalue weighted by Crippen LogP contribution is -2.67. The first-order chi connectivity index (χ1) is 8.42. The van der Waals surface area contributed by atoms with Crippen molar-refractivity contribution in [1.82, 2.24) is 0 Å². The number of alkyl halides is 11. The van der Waals surface area contributed by atoms with E-state index in [0.29, 0.717) is 0 Å². The zero-order valence-corrected chi connectivity index (χ0v) is 8.40. The summed E-state index contributed by atoms with van der Waals surface area (Å²) < 4.78 is 157. The highest BCUT2D eigenvalue weighted by Crippen LogP contribution is 2.57. The quantitative estimate of drug-likeness (QED) is 0.546. The molecule has 0 aliphatic heterocycles. The van der Waals surface area contributed by atoms with Crippen molar-refractivity contribution in [2.45, 2.75) is 30.1 Å². The zero-order valence-electron chi connectivity index (χ0n) is 8.40. The van der Waals surface area contributed by atoms with Crippen molar-refractivity contribution in [3.8, 4) is 0 Å². The first kappa shape index (κ1) is 19.1. The third-order valence-corrected chi connectivity index (χ3v) is 1.75. The largest absolute Gasteiger partial charge is 0.725 e. The Hall–Kier alpha value is -0.885. The Morgan fingerprint density at radius 2 is 0.900 bits per heavy atom. The maximum absolute atomic E-state index is 12.4. The van der Waals surface area contributed by atoms with Crippen LogP contribution in [0.2, 0.25) is 0 Å². The molecule has 0 bridgehead atoms. The van der Waals surface area contributed by atoms with E-state index in [1.807, 2.05) is 0 Å². The van der Waals surface area contributed by atoms with Crippen LogP contribution < -0.4 is 0 Å². The SMILES string of the molecule is FB(F)OC(F)(F)C(F)(F)C(F)(F)C(F)(F)C(F)(F)F. The standard InChI is InChI=1S/C5BF13O/c7-1(8,2(9,10)4(13,14)15)3(11,12)5(16,17)20-6(18)19. The predicted molar refractivity (Wildman–Crippen MR) is 34.9 cm³/mol. The van der Waals surface area contributed by atoms with Crippen molar-refractivity contribution in [2.75, 3.05) is 0 Å². The molecule has 0 spiro atoms. The summed E-state index contributed by atoms with van der Waals surface area (Å²) in [6, 6.07) is 0. The average Bonchev–Trinajstić information content (AvgIpc) is 2.12. The van der Waals surface area contributed by atoms with Crippen molar-refractivity contribution >= 4 is 7.47 Å². The van der Waals surface area contributed by atoms with Crippen LogP contribution in [0, 0.1) is 0 Å². The Kier molecular flexibility index (Phi) is 4.62. The van der Waals surface area contributed by atoms with Crippen molar-refractivity contribution in [1.29, 1.82) is 0 Å². The Bertz CT molecular complexity index is 345. The minimum atomic E-state index is -7.75. The molecule has 0 amide bonds. The molecule has 120 valence electrons. The third kappa shape index (κ3) is 2.76. The van der Waals surface area contributed by atoms with Gasteiger partial charge in [0.05, 0.1) is 0 Å². The van der Waals surface area contributed by atoms with E-state index < -0.39 is 37.5 Å². The molecule has 0 aromatic heterocycles. The molecule has 0 fully saturated rings. The maximum atomic E-state index is 12.4. The van der Waals surface area contributed by atoms with Gasteiger partial charge in [-0.15, -0.1) is 0 Å². The van der Waals surface area contributed by atoms with E-state index >= 15 is 0 Å². The van der Waals surface area contributed by atoms with Crippen LogP contribution >= 0.6 is 0 Å². The summed E-state index contributed by atoms with van der Waals surface area (Å²) in [4.78, 5) is 0. The van der Waals surface area contributed by atoms with Gasteiger partial charge in [-0.25, -0.2) is 0 Å². The van der Waals surface area contributed by atoms with E-state index in [9.17, 15) is 56.9 Å². The van der Waals surface area contributed by atoms with Gasteiger partial charge >= 0.3 is 37.5 Å². The van der Waals surface area contributed by atoms with Gasteiger partial charge in [-0.1, -0.05) is 0 Å². The highest BCUT2D eigenvalue weighted by Gasteiger charge is 2.88. The molecule has 0 rings (SSSR count). The van der Waals surface area contributed by atoms with E-state index in [1.54, 1.807) is 4.65 Å². The van der Waals surface area contributed by atoms with E-state index in [0.717, 1.165) is 0 Å². The molecule has 0 saturated carbocycles. The van der Waals surface area contributed by atoms with Crippen molar-refractivity contribution in [3.63, 3.8) is 0 Å². The summed E-state index contributed by atoms with van der Waals surface area (Å²) in [5.41, 5.74) is 0. The summed E-state index contributed by atoms with van der Waals surface area (Å²) >= 11 is 0. The van der Waals surface area contributed by atoms with E-state index in [4.69, 9.17) is 0 Å². The minimum absolute atomic E-state index is 1.70. The average molecular weight is 334 g/mol. The Morgan fingerprint density at radius 3 is 1.15 bits per heavy atom. The molecule has 0 saturated heterocycles. The number of hydrogen-bond donors (Lipinski definition) is 0. The van der Waals surface area contributed by atoms with E-state index in [2.05, 4.69) is 0 Å². The molecule has 0 aromatic rings. The molecular weight excluding hydrogens is 334 g/mol. The summed E-state index contributed by atoms with van der Waals surface area (Å²) in [5.74, 6) is -23.0. The van der Waals surface area contributed by atoms with Crippen LogP contribution in [0.3, 0.4) is 0 Å². The van der Waals surface area contributed by atoms with Crippen LogP contribution in [0.25, 0.3) is 0 Å². The zero-order chi connectivity index (χ0) is 16.8. The second kappa shape index (κ2) is 4.84. The van der Waals surface area contributed by atoms with Gasteiger partial charge in [0.1, 0.15) is 0 Å². The van der Waals surface area contributed by atoms with Crippen LogP contribution in [-0.2, 0) is 4.65 Å². The molecule has 0 radical (unpaired) electrons. The van der Waals surface area contributed by atoms with E-state index in [-0.39, 0.29) is 0 Å². The molecule has 0 atom stereocenters. The van der Waals surface area contributed by atoms with Gasteiger partial charge < -0.3 is 4.65 Å². The molecule has 0 unspecified atom stereocenters. The summed E-state index contributed by atoms with van der Waals surface area (Å²) in [6.45, 7) is 0. The Balaban J connectivity index is 5.80. The van der Waals surface area contributed by atoms with Crippen molar-refractivity contribution in [3.05, 3.63) is 0 Å². The van der Waals surface area contributed by atoms with Gasteiger partial charge in [-0.05, 0) is 0 Å². The van der Waals surface area contributed by atoms with Crippen LogP contribution in [0.1, 0.15) is 0 Å². The van der Waals surface area contributed by atoms with Gasteiger partial charge in [-0.2, -0.15) is 48.3 Å². The van der Waals surface area contributed by atoms with Gasteiger partial charge in [0.25, 0.3) is 0 Å². The molecule has 0 aliphatic rings. The van der Waals surface area contributed by atoms with Gasteiger partial charge in [-0.3, -0.25) is 8.63 Å². The maximum Gasteiger partial charge on any atom is 0.725 e. The van der Waals surface area contributed by atoms with Crippen LogP contribution in [0.15, 0.2) is 0 Å². The van der Waals surface area contributed by atoms with Gasteiger partial charge in [0, 0.05) is 0 Å². The minimum Gasteiger partial charge on any atom is -0.315 e. The topological polar surface area (TPSA) is 9.23 Å².